The van der Waals surface area contributed by atoms with Crippen LogP contribution in [-0.2, 0) is 11.2 Å². The molecule has 0 atom stereocenters. The second kappa shape index (κ2) is 9.28. The first-order valence-corrected chi connectivity index (χ1v) is 8.38. The summed E-state index contributed by atoms with van der Waals surface area (Å²) in [6, 6.07) is 15.5. The number of nitrogens with zero attached hydrogens (tertiary/aromatic N) is 1. The van der Waals surface area contributed by atoms with Gasteiger partial charge in [-0.25, -0.2) is 0 Å². The van der Waals surface area contributed by atoms with Crippen LogP contribution in [0.4, 0.5) is 5.69 Å². The number of ether oxygens (including phenoxy) is 1. The van der Waals surface area contributed by atoms with Crippen LogP contribution >= 0.6 is 0 Å². The van der Waals surface area contributed by atoms with Crippen LogP contribution < -0.4 is 15.4 Å². The van der Waals surface area contributed by atoms with Crippen LogP contribution in [0.5, 0.6) is 5.75 Å². The van der Waals surface area contributed by atoms with E-state index in [2.05, 4.69) is 10.6 Å². The van der Waals surface area contributed by atoms with Gasteiger partial charge >= 0.3 is 0 Å². The Morgan fingerprint density at radius 2 is 1.92 bits per heavy atom. The second-order valence-corrected chi connectivity index (χ2v) is 5.99. The summed E-state index contributed by atoms with van der Waals surface area (Å²) in [7, 11) is 1.63. The Morgan fingerprint density at radius 3 is 2.54 bits per heavy atom. The van der Waals surface area contributed by atoms with Crippen molar-refractivity contribution in [3.05, 3.63) is 70.9 Å². The van der Waals surface area contributed by atoms with Gasteiger partial charge in [0.05, 0.1) is 7.11 Å². The summed E-state index contributed by atoms with van der Waals surface area (Å²) in [5.41, 5.74) is 3.98. The molecule has 26 heavy (non-hydrogen) atoms. The molecule has 0 aromatic heterocycles. The predicted octanol–water partition coefficient (Wildman–Crippen LogP) is 3.49. The number of anilines is 1. The van der Waals surface area contributed by atoms with E-state index in [4.69, 9.17) is 4.74 Å². The van der Waals surface area contributed by atoms with Gasteiger partial charge in [-0.15, -0.1) is 0 Å². The summed E-state index contributed by atoms with van der Waals surface area (Å²) < 4.78 is 5.13. The number of nitriles is 1. The lowest BCUT2D eigenvalue weighted by atomic mass is 10.1. The van der Waals surface area contributed by atoms with Crippen molar-refractivity contribution in [2.45, 2.75) is 20.3 Å². The quantitative estimate of drug-likeness (QED) is 0.456. The van der Waals surface area contributed by atoms with E-state index in [-0.39, 0.29) is 5.57 Å². The molecule has 0 aliphatic heterocycles. The average molecular weight is 349 g/mol. The zero-order chi connectivity index (χ0) is 18.9. The Hall–Kier alpha value is -3.26. The molecule has 0 aliphatic carbocycles. The number of aryl methyl sites for hydroxylation is 2. The highest BCUT2D eigenvalue weighted by molar-refractivity contribution is 6.06. The number of methoxy groups -OCH3 is 1. The molecule has 134 valence electrons. The molecule has 0 radical (unpaired) electrons. The van der Waals surface area contributed by atoms with Gasteiger partial charge in [0.15, 0.2) is 0 Å². The van der Waals surface area contributed by atoms with Crippen molar-refractivity contribution in [1.82, 2.24) is 5.32 Å². The van der Waals surface area contributed by atoms with Crippen LogP contribution in [0.15, 0.2) is 54.2 Å². The molecule has 0 saturated carbocycles. The first-order valence-electron chi connectivity index (χ1n) is 8.38. The predicted molar refractivity (Wildman–Crippen MR) is 103 cm³/mol. The van der Waals surface area contributed by atoms with Crippen molar-refractivity contribution in [2.75, 3.05) is 19.0 Å². The number of amides is 1. The maximum absolute atomic E-state index is 12.3. The number of rotatable bonds is 7. The minimum atomic E-state index is -0.420. The Kier molecular flexibility index (Phi) is 6.81. The van der Waals surface area contributed by atoms with Gasteiger partial charge in [-0.2, -0.15) is 5.26 Å². The molecule has 2 N–H and O–H groups in total. The number of hydrogen-bond acceptors (Lipinski definition) is 4. The van der Waals surface area contributed by atoms with Crippen molar-refractivity contribution in [3.63, 3.8) is 0 Å². The van der Waals surface area contributed by atoms with Crippen molar-refractivity contribution in [3.8, 4) is 11.8 Å². The van der Waals surface area contributed by atoms with Crippen LogP contribution in [0.25, 0.3) is 0 Å². The van der Waals surface area contributed by atoms with Gasteiger partial charge in [-0.1, -0.05) is 29.8 Å². The third-order valence-electron chi connectivity index (χ3n) is 3.96. The van der Waals surface area contributed by atoms with E-state index in [1.54, 1.807) is 7.11 Å². The van der Waals surface area contributed by atoms with E-state index in [9.17, 15) is 10.1 Å². The van der Waals surface area contributed by atoms with Crippen molar-refractivity contribution in [1.29, 1.82) is 5.26 Å². The maximum atomic E-state index is 12.3. The van der Waals surface area contributed by atoms with Crippen LogP contribution in [0.1, 0.15) is 16.7 Å². The fourth-order valence-electron chi connectivity index (χ4n) is 2.48. The van der Waals surface area contributed by atoms with Gasteiger partial charge in [0.1, 0.15) is 17.4 Å². The third kappa shape index (κ3) is 5.38. The Balaban J connectivity index is 1.90. The van der Waals surface area contributed by atoms with E-state index in [1.165, 1.54) is 6.20 Å². The molecule has 5 heteroatoms. The van der Waals surface area contributed by atoms with Crippen LogP contribution in [0.3, 0.4) is 0 Å². The van der Waals surface area contributed by atoms with Crippen LogP contribution in [-0.4, -0.2) is 19.6 Å². The molecule has 0 unspecified atom stereocenters. The average Bonchev–Trinajstić information content (AvgIpc) is 2.64. The molecule has 0 bridgehead atoms. The molecule has 0 aliphatic rings. The summed E-state index contributed by atoms with van der Waals surface area (Å²) in [5.74, 6) is 0.396. The normalized spacial score (nSPS) is 10.8. The summed E-state index contributed by atoms with van der Waals surface area (Å²) in [6.07, 6.45) is 2.24. The van der Waals surface area contributed by atoms with Crippen LogP contribution in [0, 0.1) is 25.2 Å². The lowest BCUT2D eigenvalue weighted by Gasteiger charge is -2.09. The fraction of sp³-hybridized carbons (Fsp3) is 0.238. The zero-order valence-corrected chi connectivity index (χ0v) is 15.3. The zero-order valence-electron chi connectivity index (χ0n) is 15.3. The number of carbonyl (C=O) groups excluding carboxylic acids is 1. The van der Waals surface area contributed by atoms with Gasteiger partial charge < -0.3 is 15.4 Å². The maximum Gasteiger partial charge on any atom is 0.267 e. The molecule has 2 aromatic carbocycles. The SMILES string of the molecule is COc1ccc(CCN/C=C(/C#N)C(=O)Nc2ccc(C)cc2C)cc1. The molecule has 5 nitrogen and oxygen atoms in total. The summed E-state index contributed by atoms with van der Waals surface area (Å²) >= 11 is 0. The minimum absolute atomic E-state index is 0.0414. The lowest BCUT2D eigenvalue weighted by molar-refractivity contribution is -0.112. The van der Waals surface area contributed by atoms with Gasteiger partial charge in [0.25, 0.3) is 5.91 Å². The second-order valence-electron chi connectivity index (χ2n) is 5.99. The van der Waals surface area contributed by atoms with Gasteiger partial charge in [0, 0.05) is 18.4 Å². The monoisotopic (exact) mass is 349 g/mol. The molecular formula is C21H23N3O2. The lowest BCUT2D eigenvalue weighted by Crippen LogP contribution is -2.18. The molecule has 0 fully saturated rings. The Bertz CT molecular complexity index is 833. The highest BCUT2D eigenvalue weighted by Gasteiger charge is 2.10. The molecule has 0 spiro atoms. The standard InChI is InChI=1S/C21H23N3O2/c1-15-4-9-20(16(2)12-15)24-21(25)18(13-22)14-23-11-10-17-5-7-19(26-3)8-6-17/h4-9,12,14,23H,10-11H2,1-3H3,(H,24,25)/b18-14-. The minimum Gasteiger partial charge on any atom is -0.497 e. The molecule has 0 heterocycles. The number of benzene rings is 2. The van der Waals surface area contributed by atoms with E-state index >= 15 is 0 Å². The summed E-state index contributed by atoms with van der Waals surface area (Å²) in [6.45, 7) is 4.53. The van der Waals surface area contributed by atoms with E-state index < -0.39 is 5.91 Å². The molecular weight excluding hydrogens is 326 g/mol. The largest absolute Gasteiger partial charge is 0.497 e. The molecule has 2 aromatic rings. The summed E-state index contributed by atoms with van der Waals surface area (Å²) in [4.78, 5) is 12.3. The first-order chi connectivity index (χ1) is 12.5. The fourth-order valence-corrected chi connectivity index (χ4v) is 2.48. The highest BCUT2D eigenvalue weighted by Crippen LogP contribution is 2.16. The van der Waals surface area contributed by atoms with Crippen LogP contribution in [0.2, 0.25) is 0 Å². The highest BCUT2D eigenvalue weighted by atomic mass is 16.5. The molecule has 1 amide bonds. The molecule has 2 rings (SSSR count). The van der Waals surface area contributed by atoms with Gasteiger partial charge in [-0.05, 0) is 49.6 Å². The molecule has 0 saturated heterocycles. The Morgan fingerprint density at radius 1 is 1.19 bits per heavy atom. The van der Waals surface area contributed by atoms with E-state index in [0.717, 1.165) is 28.9 Å². The topological polar surface area (TPSA) is 74.1 Å². The van der Waals surface area contributed by atoms with Crippen molar-refractivity contribution in [2.24, 2.45) is 0 Å². The van der Waals surface area contributed by atoms with Gasteiger partial charge in [0.2, 0.25) is 0 Å². The van der Waals surface area contributed by atoms with E-state index in [0.29, 0.717) is 12.2 Å². The van der Waals surface area contributed by atoms with E-state index in [1.807, 2.05) is 62.4 Å². The number of carbonyl (C=O) groups is 1. The van der Waals surface area contributed by atoms with Crippen molar-refractivity contribution < 1.29 is 9.53 Å². The van der Waals surface area contributed by atoms with Crippen molar-refractivity contribution >= 4 is 11.6 Å². The van der Waals surface area contributed by atoms with Gasteiger partial charge in [-0.3, -0.25) is 4.79 Å². The third-order valence-corrected chi connectivity index (χ3v) is 3.96. The number of hydrogen-bond donors (Lipinski definition) is 2. The summed E-state index contributed by atoms with van der Waals surface area (Å²) in [5, 5.41) is 15.0. The smallest absolute Gasteiger partial charge is 0.267 e. The first kappa shape index (κ1) is 19.1. The Labute approximate surface area is 154 Å². The number of nitrogens with one attached hydrogen (secondary N) is 2.